The number of halogens is 3. The van der Waals surface area contributed by atoms with Gasteiger partial charge in [0.15, 0.2) is 0 Å². The lowest BCUT2D eigenvalue weighted by atomic mass is 10.1. The monoisotopic (exact) mass is 412 g/mol. The molecule has 1 aromatic carbocycles. The summed E-state index contributed by atoms with van der Waals surface area (Å²) in [6, 6.07) is 10.5. The van der Waals surface area contributed by atoms with Crippen LogP contribution in [0.15, 0.2) is 61.1 Å². The Morgan fingerprint density at radius 3 is 2.60 bits per heavy atom. The van der Waals surface area contributed by atoms with Gasteiger partial charge < -0.3 is 4.90 Å². The predicted molar refractivity (Wildman–Crippen MR) is 104 cm³/mol. The minimum absolute atomic E-state index is 0.160. The molecule has 0 unspecified atom stereocenters. The van der Waals surface area contributed by atoms with E-state index in [9.17, 15) is 18.0 Å². The Morgan fingerprint density at radius 2 is 1.90 bits per heavy atom. The molecule has 3 heterocycles. The molecule has 1 atom stereocenters. The highest BCUT2D eigenvalue weighted by Gasteiger charge is 2.32. The van der Waals surface area contributed by atoms with Crippen molar-refractivity contribution in [3.05, 3.63) is 89.3 Å². The minimum Gasteiger partial charge on any atom is -0.329 e. The number of carbonyl (C=O) groups is 1. The lowest BCUT2D eigenvalue weighted by Crippen LogP contribution is -2.31. The maximum absolute atomic E-state index is 12.8. The highest BCUT2D eigenvalue weighted by atomic mass is 19.4. The van der Waals surface area contributed by atoms with E-state index in [1.165, 1.54) is 30.7 Å². The molecule has 0 aliphatic carbocycles. The number of alkyl halides is 3. The number of amides is 1. The van der Waals surface area contributed by atoms with Crippen LogP contribution >= 0.6 is 0 Å². The summed E-state index contributed by atoms with van der Waals surface area (Å²) in [4.78, 5) is 27.3. The van der Waals surface area contributed by atoms with E-state index in [1.54, 1.807) is 4.90 Å². The summed E-state index contributed by atoms with van der Waals surface area (Å²) in [7, 11) is 0. The summed E-state index contributed by atoms with van der Waals surface area (Å²) in [5.41, 5.74) is 1.88. The highest BCUT2D eigenvalue weighted by molar-refractivity contribution is 5.92. The van der Waals surface area contributed by atoms with Gasteiger partial charge in [0.1, 0.15) is 5.69 Å². The first-order valence-electron chi connectivity index (χ1n) is 9.61. The van der Waals surface area contributed by atoms with Crippen molar-refractivity contribution in [3.8, 4) is 0 Å². The molecule has 5 nitrogen and oxygen atoms in total. The Labute approximate surface area is 171 Å². The average molecular weight is 412 g/mol. The molecule has 0 spiro atoms. The number of nitrogens with zero attached hydrogens (tertiary/aromatic N) is 4. The lowest BCUT2D eigenvalue weighted by molar-refractivity contribution is -0.137. The van der Waals surface area contributed by atoms with Gasteiger partial charge in [-0.25, -0.2) is 4.98 Å². The minimum atomic E-state index is -4.35. The molecule has 1 aliphatic rings. The molecule has 3 aromatic rings. The number of hydrogen-bond acceptors (Lipinski definition) is 4. The molecule has 1 aliphatic heterocycles. The zero-order chi connectivity index (χ0) is 21.1. The van der Waals surface area contributed by atoms with Crippen molar-refractivity contribution >= 4 is 5.91 Å². The lowest BCUT2D eigenvalue weighted by Gasteiger charge is -2.24. The largest absolute Gasteiger partial charge is 0.416 e. The van der Waals surface area contributed by atoms with Crippen molar-refractivity contribution in [2.24, 2.45) is 0 Å². The fourth-order valence-corrected chi connectivity index (χ4v) is 3.68. The zero-order valence-electron chi connectivity index (χ0n) is 16.0. The van der Waals surface area contributed by atoms with Crippen molar-refractivity contribution < 1.29 is 18.0 Å². The first kappa shape index (κ1) is 20.0. The normalized spacial score (nSPS) is 16.6. The molecular formula is C22H19F3N4O. The van der Waals surface area contributed by atoms with Crippen molar-refractivity contribution in [2.75, 3.05) is 6.54 Å². The summed E-state index contributed by atoms with van der Waals surface area (Å²) in [6.45, 7) is 0.616. The molecule has 0 radical (unpaired) electrons. The quantitative estimate of drug-likeness (QED) is 0.635. The SMILES string of the molecule is O=C(c1cnccn1)N1CCC[C@@H]1c1cccc(Cc2ccc(C(F)(F)F)cc2)n1. The van der Waals surface area contributed by atoms with E-state index in [0.29, 0.717) is 18.7 Å². The molecule has 1 saturated heterocycles. The van der Waals surface area contributed by atoms with Crippen LogP contribution in [0.1, 0.15) is 51.9 Å². The van der Waals surface area contributed by atoms with E-state index in [-0.39, 0.29) is 11.9 Å². The van der Waals surface area contributed by atoms with Crippen LogP contribution in [0.4, 0.5) is 13.2 Å². The number of carbonyl (C=O) groups excluding carboxylic acids is 1. The summed E-state index contributed by atoms with van der Waals surface area (Å²) in [5.74, 6) is -0.180. The van der Waals surface area contributed by atoms with Crippen LogP contribution < -0.4 is 0 Å². The van der Waals surface area contributed by atoms with Crippen LogP contribution in [-0.2, 0) is 12.6 Å². The standard InChI is InChI=1S/C22H19F3N4O/c23-22(24,25)16-8-6-15(7-9-16)13-17-3-1-4-18(28-17)20-5-2-12-29(20)21(30)19-14-26-10-11-27-19/h1,3-4,6-11,14,20H,2,5,12-13H2/t20-/m1/s1. The Morgan fingerprint density at radius 1 is 1.10 bits per heavy atom. The Bertz CT molecular complexity index is 1020. The third-order valence-corrected chi connectivity index (χ3v) is 5.13. The van der Waals surface area contributed by atoms with Gasteiger partial charge in [-0.1, -0.05) is 18.2 Å². The maximum Gasteiger partial charge on any atom is 0.416 e. The molecule has 8 heteroatoms. The van der Waals surface area contributed by atoms with Crippen molar-refractivity contribution in [1.29, 1.82) is 0 Å². The van der Waals surface area contributed by atoms with Crippen LogP contribution in [0.5, 0.6) is 0 Å². The molecular weight excluding hydrogens is 393 g/mol. The third-order valence-electron chi connectivity index (χ3n) is 5.13. The van der Waals surface area contributed by atoms with E-state index in [2.05, 4.69) is 9.97 Å². The summed E-state index contributed by atoms with van der Waals surface area (Å²) in [6.07, 6.45) is 2.18. The molecule has 4 rings (SSSR count). The Hall–Kier alpha value is -3.29. The van der Waals surface area contributed by atoms with E-state index >= 15 is 0 Å². The number of hydrogen-bond donors (Lipinski definition) is 0. The highest BCUT2D eigenvalue weighted by Crippen LogP contribution is 2.32. The van der Waals surface area contributed by atoms with Gasteiger partial charge in [0.25, 0.3) is 5.91 Å². The van der Waals surface area contributed by atoms with Gasteiger partial charge in [0.05, 0.1) is 23.5 Å². The summed E-state index contributed by atoms with van der Waals surface area (Å²) < 4.78 is 38.2. The Kier molecular flexibility index (Phi) is 5.48. The first-order chi connectivity index (χ1) is 14.4. The second kappa shape index (κ2) is 8.22. The predicted octanol–water partition coefficient (Wildman–Crippen LogP) is 4.46. The van der Waals surface area contributed by atoms with Crippen LogP contribution in [0.25, 0.3) is 0 Å². The number of aromatic nitrogens is 3. The van der Waals surface area contributed by atoms with Gasteiger partial charge in [-0.15, -0.1) is 0 Å². The van der Waals surface area contributed by atoms with Crippen LogP contribution in [0.3, 0.4) is 0 Å². The second-order valence-corrected chi connectivity index (χ2v) is 7.17. The first-order valence-corrected chi connectivity index (χ1v) is 9.61. The molecule has 1 amide bonds. The number of rotatable bonds is 4. The van der Waals surface area contributed by atoms with Gasteiger partial charge in [-0.2, -0.15) is 13.2 Å². The topological polar surface area (TPSA) is 59.0 Å². The maximum atomic E-state index is 12.8. The van der Waals surface area contributed by atoms with Gasteiger partial charge in [0, 0.05) is 31.1 Å². The van der Waals surface area contributed by atoms with Crippen molar-refractivity contribution in [1.82, 2.24) is 19.9 Å². The molecule has 0 saturated carbocycles. The van der Waals surface area contributed by atoms with Gasteiger partial charge >= 0.3 is 6.18 Å². The van der Waals surface area contributed by atoms with Gasteiger partial charge in [-0.05, 0) is 42.7 Å². The van der Waals surface area contributed by atoms with Crippen LogP contribution in [0, 0.1) is 0 Å². The molecule has 1 fully saturated rings. The smallest absolute Gasteiger partial charge is 0.329 e. The van der Waals surface area contributed by atoms with Crippen molar-refractivity contribution in [2.45, 2.75) is 31.5 Å². The Balaban J connectivity index is 1.52. The van der Waals surface area contributed by atoms with E-state index in [0.717, 1.165) is 41.9 Å². The number of likely N-dealkylation sites (tertiary alicyclic amines) is 1. The molecule has 154 valence electrons. The average Bonchev–Trinajstić information content (AvgIpc) is 3.24. The number of benzene rings is 1. The number of pyridine rings is 1. The summed E-state index contributed by atoms with van der Waals surface area (Å²) in [5, 5.41) is 0. The van der Waals surface area contributed by atoms with Gasteiger partial charge in [0.2, 0.25) is 0 Å². The van der Waals surface area contributed by atoms with E-state index in [4.69, 9.17) is 4.98 Å². The van der Waals surface area contributed by atoms with Crippen LogP contribution in [-0.4, -0.2) is 32.3 Å². The molecule has 0 N–H and O–H groups in total. The summed E-state index contributed by atoms with van der Waals surface area (Å²) >= 11 is 0. The van der Waals surface area contributed by atoms with Gasteiger partial charge in [-0.3, -0.25) is 14.8 Å². The fraction of sp³-hybridized carbons (Fsp3) is 0.273. The molecule has 30 heavy (non-hydrogen) atoms. The third kappa shape index (κ3) is 4.32. The van der Waals surface area contributed by atoms with Crippen molar-refractivity contribution in [3.63, 3.8) is 0 Å². The second-order valence-electron chi connectivity index (χ2n) is 7.17. The zero-order valence-corrected chi connectivity index (χ0v) is 16.0. The molecule has 2 aromatic heterocycles. The molecule has 0 bridgehead atoms. The van der Waals surface area contributed by atoms with E-state index in [1.807, 2.05) is 18.2 Å². The van der Waals surface area contributed by atoms with E-state index < -0.39 is 11.7 Å². The van der Waals surface area contributed by atoms with Crippen LogP contribution in [0.2, 0.25) is 0 Å². The fourth-order valence-electron chi connectivity index (χ4n) is 3.68.